The summed E-state index contributed by atoms with van der Waals surface area (Å²) in [4.78, 5) is 22.1. The van der Waals surface area contributed by atoms with Crippen molar-refractivity contribution in [3.8, 4) is 5.88 Å². The van der Waals surface area contributed by atoms with Gasteiger partial charge in [0.05, 0.1) is 18.9 Å². The molecule has 0 bridgehead atoms. The fraction of sp³-hybridized carbons (Fsp3) is 0.462. The Morgan fingerprint density at radius 2 is 2.33 bits per heavy atom. The Balaban J connectivity index is 1.64. The van der Waals surface area contributed by atoms with Crippen molar-refractivity contribution in [3.63, 3.8) is 0 Å². The first kappa shape index (κ1) is 13.5. The number of rotatable bonds is 3. The Bertz CT molecular complexity index is 614. The number of carbonyl (C=O) groups is 1. The number of carbonyl (C=O) groups excluding carboxylic acids is 1. The lowest BCUT2D eigenvalue weighted by Gasteiger charge is -2.32. The number of ether oxygens (including phenoxy) is 1. The third-order valence-corrected chi connectivity index (χ3v) is 3.31. The van der Waals surface area contributed by atoms with Gasteiger partial charge >= 0.3 is 0 Å². The summed E-state index contributed by atoms with van der Waals surface area (Å²) in [5.41, 5.74) is 0.359. The van der Waals surface area contributed by atoms with Gasteiger partial charge in [0.2, 0.25) is 5.88 Å². The van der Waals surface area contributed by atoms with Gasteiger partial charge in [-0.05, 0) is 12.8 Å². The van der Waals surface area contributed by atoms with Crippen LogP contribution in [-0.2, 0) is 7.05 Å². The lowest BCUT2D eigenvalue weighted by molar-refractivity contribution is 0.0521. The standard InChI is InChI=1S/C13H16N6O2/c1-18-9-11(16-17-18)13(20)19-6-2-3-10(8-19)21-12-7-14-4-5-15-12/h4-5,7,9-10H,2-3,6,8H2,1H3. The van der Waals surface area contributed by atoms with Crippen molar-refractivity contribution in [3.05, 3.63) is 30.5 Å². The van der Waals surface area contributed by atoms with Crippen LogP contribution in [0.2, 0.25) is 0 Å². The van der Waals surface area contributed by atoms with Crippen molar-refractivity contribution in [2.24, 2.45) is 7.05 Å². The van der Waals surface area contributed by atoms with E-state index in [9.17, 15) is 4.79 Å². The molecule has 110 valence electrons. The molecule has 8 heteroatoms. The van der Waals surface area contributed by atoms with Crippen molar-refractivity contribution < 1.29 is 9.53 Å². The van der Waals surface area contributed by atoms with Crippen LogP contribution in [0.4, 0.5) is 0 Å². The van der Waals surface area contributed by atoms with Gasteiger partial charge in [-0.25, -0.2) is 4.98 Å². The first-order valence-corrected chi connectivity index (χ1v) is 6.80. The molecule has 0 aromatic carbocycles. The molecule has 0 N–H and O–H groups in total. The summed E-state index contributed by atoms with van der Waals surface area (Å²) in [5, 5.41) is 7.65. The lowest BCUT2D eigenvalue weighted by Crippen LogP contribution is -2.44. The van der Waals surface area contributed by atoms with Crippen LogP contribution in [0.3, 0.4) is 0 Å². The van der Waals surface area contributed by atoms with Gasteiger partial charge in [-0.3, -0.25) is 14.5 Å². The number of aromatic nitrogens is 5. The van der Waals surface area contributed by atoms with Crippen molar-refractivity contribution >= 4 is 5.91 Å². The van der Waals surface area contributed by atoms with E-state index in [1.807, 2.05) is 0 Å². The van der Waals surface area contributed by atoms with Crippen molar-refractivity contribution in [2.45, 2.75) is 18.9 Å². The van der Waals surface area contributed by atoms with E-state index in [4.69, 9.17) is 4.74 Å². The van der Waals surface area contributed by atoms with E-state index >= 15 is 0 Å². The Morgan fingerprint density at radius 3 is 3.05 bits per heavy atom. The van der Waals surface area contributed by atoms with Crippen LogP contribution in [-0.4, -0.2) is 55.0 Å². The highest BCUT2D eigenvalue weighted by atomic mass is 16.5. The monoisotopic (exact) mass is 288 g/mol. The second-order valence-corrected chi connectivity index (χ2v) is 4.95. The fourth-order valence-corrected chi connectivity index (χ4v) is 2.34. The average Bonchev–Trinajstić information content (AvgIpc) is 2.94. The van der Waals surface area contributed by atoms with Crippen LogP contribution in [0.15, 0.2) is 24.8 Å². The number of aryl methyl sites for hydroxylation is 1. The summed E-state index contributed by atoms with van der Waals surface area (Å²) in [6.45, 7) is 1.22. The van der Waals surface area contributed by atoms with Crippen LogP contribution in [0.5, 0.6) is 5.88 Å². The van der Waals surface area contributed by atoms with Crippen LogP contribution < -0.4 is 4.74 Å². The summed E-state index contributed by atoms with van der Waals surface area (Å²) in [5.74, 6) is 0.367. The molecule has 1 unspecified atom stereocenters. The summed E-state index contributed by atoms with van der Waals surface area (Å²) >= 11 is 0. The van der Waals surface area contributed by atoms with E-state index in [0.717, 1.165) is 12.8 Å². The van der Waals surface area contributed by atoms with E-state index < -0.39 is 0 Å². The lowest BCUT2D eigenvalue weighted by atomic mass is 10.1. The summed E-state index contributed by atoms with van der Waals surface area (Å²) in [7, 11) is 1.74. The highest BCUT2D eigenvalue weighted by molar-refractivity contribution is 5.92. The Hall–Kier alpha value is -2.51. The molecular formula is C13H16N6O2. The molecule has 1 amide bonds. The molecule has 0 spiro atoms. The summed E-state index contributed by atoms with van der Waals surface area (Å²) < 4.78 is 7.29. The number of piperidine rings is 1. The third-order valence-electron chi connectivity index (χ3n) is 3.31. The van der Waals surface area contributed by atoms with E-state index in [2.05, 4.69) is 20.3 Å². The maximum Gasteiger partial charge on any atom is 0.276 e. The zero-order valence-electron chi connectivity index (χ0n) is 11.7. The van der Waals surface area contributed by atoms with Crippen LogP contribution in [0, 0.1) is 0 Å². The van der Waals surface area contributed by atoms with Crippen LogP contribution in [0.1, 0.15) is 23.3 Å². The van der Waals surface area contributed by atoms with E-state index in [1.165, 1.54) is 4.68 Å². The van der Waals surface area contributed by atoms with Crippen LogP contribution >= 0.6 is 0 Å². The van der Waals surface area contributed by atoms with Gasteiger partial charge in [-0.15, -0.1) is 5.10 Å². The fourth-order valence-electron chi connectivity index (χ4n) is 2.34. The zero-order valence-corrected chi connectivity index (χ0v) is 11.7. The predicted molar refractivity (Wildman–Crippen MR) is 72.6 cm³/mol. The Kier molecular flexibility index (Phi) is 3.76. The number of amides is 1. The topological polar surface area (TPSA) is 86.0 Å². The maximum absolute atomic E-state index is 12.3. The number of hydrogen-bond acceptors (Lipinski definition) is 6. The second-order valence-electron chi connectivity index (χ2n) is 4.95. The molecule has 1 fully saturated rings. The number of nitrogens with zero attached hydrogens (tertiary/aromatic N) is 6. The normalized spacial score (nSPS) is 18.5. The van der Waals surface area contributed by atoms with Gasteiger partial charge in [0.15, 0.2) is 5.69 Å². The summed E-state index contributed by atoms with van der Waals surface area (Å²) in [6.07, 6.45) is 8.07. The molecule has 0 aliphatic carbocycles. The SMILES string of the molecule is Cn1cc(C(=O)N2CCCC(Oc3cnccn3)C2)nn1. The van der Waals surface area contributed by atoms with Gasteiger partial charge in [0.1, 0.15) is 6.10 Å². The van der Waals surface area contributed by atoms with Crippen molar-refractivity contribution in [2.75, 3.05) is 13.1 Å². The maximum atomic E-state index is 12.3. The quantitative estimate of drug-likeness (QED) is 0.807. The molecule has 1 aliphatic heterocycles. The molecule has 21 heavy (non-hydrogen) atoms. The van der Waals surface area contributed by atoms with Crippen molar-refractivity contribution in [1.82, 2.24) is 29.9 Å². The molecule has 8 nitrogen and oxygen atoms in total. The van der Waals surface area contributed by atoms with Gasteiger partial charge in [-0.1, -0.05) is 5.21 Å². The molecule has 0 saturated carbocycles. The molecule has 3 rings (SSSR count). The minimum Gasteiger partial charge on any atom is -0.471 e. The molecule has 2 aromatic rings. The first-order chi connectivity index (χ1) is 10.2. The third kappa shape index (κ3) is 3.15. The molecule has 1 saturated heterocycles. The molecule has 0 radical (unpaired) electrons. The van der Waals surface area contributed by atoms with Gasteiger partial charge in [0.25, 0.3) is 5.91 Å². The van der Waals surface area contributed by atoms with Gasteiger partial charge in [-0.2, -0.15) is 0 Å². The highest BCUT2D eigenvalue weighted by Gasteiger charge is 2.27. The Morgan fingerprint density at radius 1 is 1.43 bits per heavy atom. The van der Waals surface area contributed by atoms with E-state index in [1.54, 1.807) is 36.7 Å². The van der Waals surface area contributed by atoms with Gasteiger partial charge in [0, 0.05) is 26.0 Å². The highest BCUT2D eigenvalue weighted by Crippen LogP contribution is 2.17. The first-order valence-electron chi connectivity index (χ1n) is 6.80. The molecule has 3 heterocycles. The Labute approximate surface area is 121 Å². The number of hydrogen-bond donors (Lipinski definition) is 0. The van der Waals surface area contributed by atoms with Crippen molar-refractivity contribution in [1.29, 1.82) is 0 Å². The smallest absolute Gasteiger partial charge is 0.276 e. The van der Waals surface area contributed by atoms with Crippen LogP contribution in [0.25, 0.3) is 0 Å². The second kappa shape index (κ2) is 5.86. The molecule has 2 aromatic heterocycles. The zero-order chi connectivity index (χ0) is 14.7. The van der Waals surface area contributed by atoms with E-state index in [0.29, 0.717) is 24.7 Å². The van der Waals surface area contributed by atoms with Gasteiger partial charge < -0.3 is 9.64 Å². The average molecular weight is 288 g/mol. The minimum absolute atomic E-state index is 0.0731. The molecular weight excluding hydrogens is 272 g/mol. The number of likely N-dealkylation sites (tertiary alicyclic amines) is 1. The largest absolute Gasteiger partial charge is 0.471 e. The molecule has 1 atom stereocenters. The van der Waals surface area contributed by atoms with E-state index in [-0.39, 0.29) is 12.0 Å². The predicted octanol–water partition coefficient (Wildman–Crippen LogP) is 0.289. The summed E-state index contributed by atoms with van der Waals surface area (Å²) in [6, 6.07) is 0. The molecule has 1 aliphatic rings. The minimum atomic E-state index is -0.115.